The molecular formula is C15H29N3O. The summed E-state index contributed by atoms with van der Waals surface area (Å²) in [5.74, 6) is 0.727. The van der Waals surface area contributed by atoms with Crippen LogP contribution in [0, 0.1) is 5.92 Å². The van der Waals surface area contributed by atoms with E-state index in [0.29, 0.717) is 12.6 Å². The molecule has 1 saturated carbocycles. The normalized spacial score (nSPS) is 30.4. The molecule has 1 amide bonds. The highest BCUT2D eigenvalue weighted by molar-refractivity contribution is 5.75. The number of amides is 1. The smallest absolute Gasteiger partial charge is 0.231 e. The van der Waals surface area contributed by atoms with E-state index < -0.39 is 0 Å². The lowest BCUT2D eigenvalue weighted by molar-refractivity contribution is -0.119. The molecule has 2 aliphatic rings. The molecule has 1 heterocycles. The van der Waals surface area contributed by atoms with Gasteiger partial charge in [-0.05, 0) is 31.6 Å². The van der Waals surface area contributed by atoms with Crippen LogP contribution in [0.4, 0.5) is 0 Å². The SMILES string of the molecule is CCC1CCCC(NC2CCN(CC(N)=O)CC2)C1. The monoisotopic (exact) mass is 267 g/mol. The van der Waals surface area contributed by atoms with Crippen LogP contribution in [0.25, 0.3) is 0 Å². The van der Waals surface area contributed by atoms with Gasteiger partial charge in [0.25, 0.3) is 0 Å². The van der Waals surface area contributed by atoms with Crippen LogP contribution in [0.2, 0.25) is 0 Å². The Kier molecular flexibility index (Phi) is 5.64. The van der Waals surface area contributed by atoms with Gasteiger partial charge in [0, 0.05) is 25.2 Å². The molecule has 2 atom stereocenters. The predicted octanol–water partition coefficient (Wildman–Crippen LogP) is 1.49. The molecule has 0 aromatic rings. The summed E-state index contributed by atoms with van der Waals surface area (Å²) < 4.78 is 0. The predicted molar refractivity (Wildman–Crippen MR) is 77.8 cm³/mol. The van der Waals surface area contributed by atoms with Crippen LogP contribution < -0.4 is 11.1 Å². The van der Waals surface area contributed by atoms with Crippen LogP contribution in [-0.2, 0) is 4.79 Å². The molecule has 2 rings (SSSR count). The first-order valence-corrected chi connectivity index (χ1v) is 7.94. The van der Waals surface area contributed by atoms with Crippen LogP contribution >= 0.6 is 0 Å². The number of hydrogen-bond acceptors (Lipinski definition) is 3. The van der Waals surface area contributed by atoms with Crippen LogP contribution in [0.3, 0.4) is 0 Å². The van der Waals surface area contributed by atoms with E-state index in [2.05, 4.69) is 17.1 Å². The van der Waals surface area contributed by atoms with Crippen molar-refractivity contribution in [2.24, 2.45) is 11.7 Å². The highest BCUT2D eigenvalue weighted by Crippen LogP contribution is 2.27. The fraction of sp³-hybridized carbons (Fsp3) is 0.933. The summed E-state index contributed by atoms with van der Waals surface area (Å²) in [6.45, 7) is 4.75. The van der Waals surface area contributed by atoms with Crippen molar-refractivity contribution in [1.82, 2.24) is 10.2 Å². The Balaban J connectivity index is 1.69. The first-order valence-electron chi connectivity index (χ1n) is 7.94. The van der Waals surface area contributed by atoms with Crippen molar-refractivity contribution in [3.63, 3.8) is 0 Å². The Labute approximate surface area is 117 Å². The van der Waals surface area contributed by atoms with E-state index in [1.54, 1.807) is 0 Å². The molecule has 1 aliphatic carbocycles. The number of nitrogens with one attached hydrogen (secondary N) is 1. The standard InChI is InChI=1S/C15H29N3O/c1-2-12-4-3-5-14(10-12)17-13-6-8-18(9-7-13)11-15(16)19/h12-14,17H,2-11H2,1H3,(H2,16,19). The highest BCUT2D eigenvalue weighted by atomic mass is 16.1. The summed E-state index contributed by atoms with van der Waals surface area (Å²) in [5, 5.41) is 3.85. The maximum Gasteiger partial charge on any atom is 0.231 e. The molecule has 0 radical (unpaired) electrons. The number of rotatable bonds is 5. The molecular weight excluding hydrogens is 238 g/mol. The lowest BCUT2D eigenvalue weighted by atomic mass is 9.83. The minimum Gasteiger partial charge on any atom is -0.369 e. The van der Waals surface area contributed by atoms with Gasteiger partial charge < -0.3 is 11.1 Å². The molecule has 1 saturated heterocycles. The van der Waals surface area contributed by atoms with Crippen LogP contribution in [0.15, 0.2) is 0 Å². The third-order valence-electron chi connectivity index (χ3n) is 4.80. The fourth-order valence-electron chi connectivity index (χ4n) is 3.62. The van der Waals surface area contributed by atoms with Crippen molar-refractivity contribution in [2.75, 3.05) is 19.6 Å². The van der Waals surface area contributed by atoms with E-state index >= 15 is 0 Å². The van der Waals surface area contributed by atoms with Crippen LogP contribution in [0.1, 0.15) is 51.9 Å². The second-order valence-electron chi connectivity index (χ2n) is 6.32. The molecule has 4 heteroatoms. The van der Waals surface area contributed by atoms with Gasteiger partial charge in [0.15, 0.2) is 0 Å². The average Bonchev–Trinajstić information content (AvgIpc) is 2.41. The maximum absolute atomic E-state index is 10.9. The number of nitrogens with zero attached hydrogens (tertiary/aromatic N) is 1. The number of piperidine rings is 1. The zero-order chi connectivity index (χ0) is 13.7. The van der Waals surface area contributed by atoms with Gasteiger partial charge in [-0.15, -0.1) is 0 Å². The van der Waals surface area contributed by atoms with Crippen molar-refractivity contribution in [3.8, 4) is 0 Å². The summed E-state index contributed by atoms with van der Waals surface area (Å²) in [7, 11) is 0. The summed E-state index contributed by atoms with van der Waals surface area (Å²) in [4.78, 5) is 13.1. The number of likely N-dealkylation sites (tertiary alicyclic amines) is 1. The number of carbonyl (C=O) groups is 1. The number of hydrogen-bond donors (Lipinski definition) is 2. The van der Waals surface area contributed by atoms with Crippen molar-refractivity contribution in [2.45, 2.75) is 64.0 Å². The minimum absolute atomic E-state index is 0.204. The van der Waals surface area contributed by atoms with E-state index in [1.165, 1.54) is 32.1 Å². The van der Waals surface area contributed by atoms with Crippen molar-refractivity contribution in [3.05, 3.63) is 0 Å². The summed E-state index contributed by atoms with van der Waals surface area (Å²) in [6.07, 6.45) is 9.15. The number of carbonyl (C=O) groups excluding carboxylic acids is 1. The van der Waals surface area contributed by atoms with Gasteiger partial charge >= 0.3 is 0 Å². The molecule has 2 unspecified atom stereocenters. The van der Waals surface area contributed by atoms with Crippen LogP contribution in [-0.4, -0.2) is 42.5 Å². The minimum atomic E-state index is -0.204. The quantitative estimate of drug-likeness (QED) is 0.793. The van der Waals surface area contributed by atoms with E-state index in [9.17, 15) is 4.79 Å². The molecule has 0 bridgehead atoms. The fourth-order valence-corrected chi connectivity index (χ4v) is 3.62. The van der Waals surface area contributed by atoms with Crippen molar-refractivity contribution in [1.29, 1.82) is 0 Å². The van der Waals surface area contributed by atoms with Gasteiger partial charge in [-0.25, -0.2) is 0 Å². The third-order valence-corrected chi connectivity index (χ3v) is 4.80. The Bertz CT molecular complexity index is 287. The van der Waals surface area contributed by atoms with Gasteiger partial charge in [-0.3, -0.25) is 9.69 Å². The van der Waals surface area contributed by atoms with Gasteiger partial charge in [0.2, 0.25) is 5.91 Å². The first kappa shape index (κ1) is 14.8. The number of primary amides is 1. The molecule has 4 nitrogen and oxygen atoms in total. The third kappa shape index (κ3) is 4.77. The number of nitrogens with two attached hydrogens (primary N) is 1. The molecule has 0 aromatic heterocycles. The van der Waals surface area contributed by atoms with E-state index in [1.807, 2.05) is 0 Å². The van der Waals surface area contributed by atoms with E-state index in [0.717, 1.165) is 37.9 Å². The Morgan fingerprint density at radius 2 is 1.95 bits per heavy atom. The summed E-state index contributed by atoms with van der Waals surface area (Å²) in [6, 6.07) is 1.37. The molecule has 3 N–H and O–H groups in total. The van der Waals surface area contributed by atoms with Crippen molar-refractivity contribution >= 4 is 5.91 Å². The average molecular weight is 267 g/mol. The largest absolute Gasteiger partial charge is 0.369 e. The molecule has 19 heavy (non-hydrogen) atoms. The molecule has 110 valence electrons. The zero-order valence-corrected chi connectivity index (χ0v) is 12.2. The van der Waals surface area contributed by atoms with Gasteiger partial charge in [0.05, 0.1) is 6.54 Å². The van der Waals surface area contributed by atoms with E-state index in [-0.39, 0.29) is 5.91 Å². The lowest BCUT2D eigenvalue weighted by Gasteiger charge is -2.36. The topological polar surface area (TPSA) is 58.4 Å². The highest BCUT2D eigenvalue weighted by Gasteiger charge is 2.25. The van der Waals surface area contributed by atoms with Crippen molar-refractivity contribution < 1.29 is 4.79 Å². The van der Waals surface area contributed by atoms with Crippen LogP contribution in [0.5, 0.6) is 0 Å². The zero-order valence-electron chi connectivity index (χ0n) is 12.2. The Hall–Kier alpha value is -0.610. The maximum atomic E-state index is 10.9. The van der Waals surface area contributed by atoms with Gasteiger partial charge in [0.1, 0.15) is 0 Å². The van der Waals surface area contributed by atoms with Gasteiger partial charge in [-0.2, -0.15) is 0 Å². The second kappa shape index (κ2) is 7.25. The molecule has 0 spiro atoms. The Morgan fingerprint density at radius 3 is 2.58 bits per heavy atom. The molecule has 2 fully saturated rings. The van der Waals surface area contributed by atoms with Gasteiger partial charge in [-0.1, -0.05) is 26.2 Å². The second-order valence-corrected chi connectivity index (χ2v) is 6.32. The van der Waals surface area contributed by atoms with E-state index in [4.69, 9.17) is 5.73 Å². The first-order chi connectivity index (χ1) is 9.17. The molecule has 0 aromatic carbocycles. The summed E-state index contributed by atoms with van der Waals surface area (Å²) in [5.41, 5.74) is 5.24. The Morgan fingerprint density at radius 1 is 1.21 bits per heavy atom. The molecule has 1 aliphatic heterocycles. The summed E-state index contributed by atoms with van der Waals surface area (Å²) >= 11 is 0. The lowest BCUT2D eigenvalue weighted by Crippen LogP contribution is -2.48.